The maximum atomic E-state index is 13.5. The van der Waals surface area contributed by atoms with Gasteiger partial charge in [-0.3, -0.25) is 0 Å². The zero-order valence-electron chi connectivity index (χ0n) is 13.6. The second-order valence-corrected chi connectivity index (χ2v) is 10.5. The van der Waals surface area contributed by atoms with E-state index in [0.29, 0.717) is 0 Å². The Hall–Kier alpha value is -0.530. The molecule has 0 aromatic heterocycles. The second-order valence-electron chi connectivity index (χ2n) is 6.34. The van der Waals surface area contributed by atoms with Crippen LogP contribution in [0.2, 0.25) is 0 Å². The Morgan fingerprint density at radius 2 is 0.857 bits per heavy atom. The standard InChI is InChI=1S/C12H14F12NO2P/c13-9(14,15)7(10(16,17)18)28(8(11(19,20)21)12(22,23)24)25(3-1-5-26-28)4-2-6-27-28/h7-8H,1-6H2. The Balaban J connectivity index is 3.01. The fourth-order valence-electron chi connectivity index (χ4n) is 3.92. The van der Waals surface area contributed by atoms with Crippen LogP contribution in [0.3, 0.4) is 0 Å². The van der Waals surface area contributed by atoms with Crippen molar-refractivity contribution in [2.24, 2.45) is 0 Å². The van der Waals surface area contributed by atoms with Crippen molar-refractivity contribution < 1.29 is 61.7 Å². The zero-order chi connectivity index (χ0) is 21.8. The van der Waals surface area contributed by atoms with Gasteiger partial charge >= 0.3 is 149 Å². The second kappa shape index (κ2) is 6.74. The van der Waals surface area contributed by atoms with Crippen molar-refractivity contribution in [1.29, 1.82) is 0 Å². The molecule has 0 bridgehead atoms. The summed E-state index contributed by atoms with van der Waals surface area (Å²) in [5.74, 6) is 0. The molecule has 16 heteroatoms. The average Bonchev–Trinajstić information content (AvgIpc) is 2.39. The van der Waals surface area contributed by atoms with Gasteiger partial charge in [0.25, 0.3) is 0 Å². The van der Waals surface area contributed by atoms with E-state index in [0.717, 1.165) is 0 Å². The van der Waals surface area contributed by atoms with Crippen LogP contribution >= 0.6 is 7.21 Å². The van der Waals surface area contributed by atoms with E-state index >= 15 is 0 Å². The van der Waals surface area contributed by atoms with Crippen LogP contribution in [0.15, 0.2) is 0 Å². The van der Waals surface area contributed by atoms with Crippen LogP contribution in [-0.4, -0.2) is 67.0 Å². The summed E-state index contributed by atoms with van der Waals surface area (Å²) in [6, 6.07) is 0. The van der Waals surface area contributed by atoms with Gasteiger partial charge in [-0.2, -0.15) is 0 Å². The molecule has 0 unspecified atom stereocenters. The Kier molecular flexibility index (Phi) is 5.72. The van der Waals surface area contributed by atoms with Gasteiger partial charge in [-0.15, -0.1) is 0 Å². The van der Waals surface area contributed by atoms with E-state index in [1.807, 2.05) is 0 Å². The minimum absolute atomic E-state index is 0.115. The third kappa shape index (κ3) is 3.56. The van der Waals surface area contributed by atoms with E-state index in [9.17, 15) is 52.7 Å². The topological polar surface area (TPSA) is 21.7 Å². The van der Waals surface area contributed by atoms with E-state index < -0.39 is 69.5 Å². The minimum atomic E-state index is -7.74. The third-order valence-corrected chi connectivity index (χ3v) is 10.6. The summed E-state index contributed by atoms with van der Waals surface area (Å²) in [5, 5.41) is 0. The molecule has 0 radical (unpaired) electrons. The monoisotopic (exact) mass is 463 g/mol. The first-order chi connectivity index (χ1) is 12.4. The van der Waals surface area contributed by atoms with Crippen molar-refractivity contribution in [1.82, 2.24) is 4.67 Å². The number of halogens is 12. The molecule has 2 aliphatic heterocycles. The number of hydrogen-bond donors (Lipinski definition) is 0. The van der Waals surface area contributed by atoms with Crippen molar-refractivity contribution in [2.75, 3.05) is 26.3 Å². The molecule has 0 aromatic rings. The van der Waals surface area contributed by atoms with Gasteiger partial charge in [-0.05, 0) is 0 Å². The molecule has 0 saturated carbocycles. The van der Waals surface area contributed by atoms with E-state index in [1.165, 1.54) is 0 Å². The molecular weight excluding hydrogens is 449 g/mol. The SMILES string of the molecule is FC(F)(F)C(C(F)(F)F)P12(C(C(F)(F)F)C(F)(F)F)OCCCN1CCCO2. The summed E-state index contributed by atoms with van der Waals surface area (Å²) < 4.78 is 171. The summed E-state index contributed by atoms with van der Waals surface area (Å²) in [5.41, 5.74) is -10.2. The summed E-state index contributed by atoms with van der Waals surface area (Å²) in [6.07, 6.45) is -26.9. The average molecular weight is 463 g/mol. The maximum absolute atomic E-state index is 13.5. The molecule has 0 aromatic carbocycles. The molecule has 2 fully saturated rings. The van der Waals surface area contributed by atoms with Crippen LogP contribution in [0.4, 0.5) is 52.7 Å². The van der Waals surface area contributed by atoms with Crippen LogP contribution in [0.25, 0.3) is 0 Å². The van der Waals surface area contributed by atoms with Crippen molar-refractivity contribution >= 4 is 7.21 Å². The van der Waals surface area contributed by atoms with Crippen molar-refractivity contribution in [3.63, 3.8) is 0 Å². The molecule has 0 spiro atoms. The fourth-order valence-corrected chi connectivity index (χ4v) is 10.1. The Bertz CT molecular complexity index is 507. The van der Waals surface area contributed by atoms with Crippen molar-refractivity contribution in [3.8, 4) is 0 Å². The normalized spacial score (nSPS) is 26.0. The quantitative estimate of drug-likeness (QED) is 0.404. The number of fused-ring (bicyclic) bond motifs is 1. The number of alkyl halides is 12. The van der Waals surface area contributed by atoms with Gasteiger partial charge in [-0.1, -0.05) is 0 Å². The van der Waals surface area contributed by atoms with Gasteiger partial charge in [0, 0.05) is 0 Å². The van der Waals surface area contributed by atoms with Crippen LogP contribution in [0.1, 0.15) is 12.8 Å². The van der Waals surface area contributed by atoms with Crippen molar-refractivity contribution in [3.05, 3.63) is 0 Å². The van der Waals surface area contributed by atoms with Gasteiger partial charge in [-0.25, -0.2) is 0 Å². The molecule has 0 atom stereocenters. The van der Waals surface area contributed by atoms with E-state index in [1.54, 1.807) is 0 Å². The molecule has 2 rings (SSSR count). The van der Waals surface area contributed by atoms with Crippen LogP contribution in [0, 0.1) is 0 Å². The first-order valence-electron chi connectivity index (χ1n) is 7.71. The van der Waals surface area contributed by atoms with Gasteiger partial charge in [0.15, 0.2) is 0 Å². The van der Waals surface area contributed by atoms with Gasteiger partial charge in [0.1, 0.15) is 0 Å². The molecule has 0 N–H and O–H groups in total. The molecule has 3 nitrogen and oxygen atoms in total. The zero-order valence-corrected chi connectivity index (χ0v) is 14.5. The van der Waals surface area contributed by atoms with E-state index in [2.05, 4.69) is 9.05 Å². The predicted octanol–water partition coefficient (Wildman–Crippen LogP) is 5.41. The molecule has 2 heterocycles. The number of nitrogens with zero attached hydrogens (tertiary/aromatic N) is 1. The van der Waals surface area contributed by atoms with E-state index in [4.69, 9.17) is 0 Å². The predicted molar refractivity (Wildman–Crippen MR) is 71.4 cm³/mol. The summed E-state index contributed by atoms with van der Waals surface area (Å²) in [6.45, 7) is -4.11. The Morgan fingerprint density at radius 3 is 1.11 bits per heavy atom. The van der Waals surface area contributed by atoms with Crippen LogP contribution in [0.5, 0.6) is 0 Å². The molecule has 2 aliphatic rings. The van der Waals surface area contributed by atoms with Gasteiger partial charge < -0.3 is 0 Å². The summed E-state index contributed by atoms with van der Waals surface area (Å²) in [4.78, 5) is 0. The van der Waals surface area contributed by atoms with Gasteiger partial charge in [0.2, 0.25) is 0 Å². The van der Waals surface area contributed by atoms with Crippen LogP contribution in [-0.2, 0) is 9.05 Å². The first kappa shape index (κ1) is 23.7. The number of rotatable bonds is 2. The fraction of sp³-hybridized carbons (Fsp3) is 1.00. The first-order valence-corrected chi connectivity index (χ1v) is 9.88. The Labute approximate surface area is 150 Å². The molecule has 28 heavy (non-hydrogen) atoms. The molecule has 2 saturated heterocycles. The molecule has 168 valence electrons. The van der Waals surface area contributed by atoms with E-state index in [-0.39, 0.29) is 17.5 Å². The molecule has 0 aliphatic carbocycles. The Morgan fingerprint density at radius 1 is 0.571 bits per heavy atom. The van der Waals surface area contributed by atoms with Crippen LogP contribution < -0.4 is 0 Å². The third-order valence-electron chi connectivity index (χ3n) is 4.57. The number of hydrogen-bond acceptors (Lipinski definition) is 3. The van der Waals surface area contributed by atoms with Gasteiger partial charge in [0.05, 0.1) is 0 Å². The van der Waals surface area contributed by atoms with Crippen molar-refractivity contribution in [2.45, 2.75) is 48.9 Å². The summed E-state index contributed by atoms with van der Waals surface area (Å²) in [7, 11) is -7.74. The summed E-state index contributed by atoms with van der Waals surface area (Å²) >= 11 is 0. The molecular formula is C12H14F12NO2P. The molecule has 0 amide bonds.